The fraction of sp³-hybridized carbons (Fsp3) is 0.600. The largest absolute Gasteiger partial charge is 0.360 e. The molecule has 0 bridgehead atoms. The van der Waals surface area contributed by atoms with Crippen LogP contribution in [0.4, 0.5) is 5.69 Å². The van der Waals surface area contributed by atoms with Gasteiger partial charge in [-0.15, -0.1) is 0 Å². The summed E-state index contributed by atoms with van der Waals surface area (Å²) in [6, 6.07) is 7.51. The number of nitrogens with zero attached hydrogens (tertiary/aromatic N) is 2. The summed E-state index contributed by atoms with van der Waals surface area (Å²) in [6.45, 7) is 7.89. The molecule has 2 aliphatic heterocycles. The van der Waals surface area contributed by atoms with Crippen LogP contribution in [0.15, 0.2) is 24.3 Å². The van der Waals surface area contributed by atoms with Crippen LogP contribution < -0.4 is 9.80 Å². The maximum absolute atomic E-state index is 12.8. The third kappa shape index (κ3) is 4.91. The van der Waals surface area contributed by atoms with E-state index in [4.69, 9.17) is 0 Å². The van der Waals surface area contributed by atoms with Crippen LogP contribution in [0.25, 0.3) is 0 Å². The van der Waals surface area contributed by atoms with Crippen molar-refractivity contribution in [2.75, 3.05) is 55.7 Å². The fourth-order valence-corrected chi connectivity index (χ4v) is 5.87. The molecule has 0 aliphatic carbocycles. The second-order valence-electron chi connectivity index (χ2n) is 7.75. The first-order chi connectivity index (χ1) is 13.3. The molecule has 154 valence electrons. The first kappa shape index (κ1) is 20.8. The third-order valence-electron chi connectivity index (χ3n) is 5.82. The van der Waals surface area contributed by atoms with Crippen molar-refractivity contribution in [1.82, 2.24) is 4.90 Å². The number of anilines is 1. The fourth-order valence-electron chi connectivity index (χ4n) is 4.14. The number of rotatable bonds is 6. The molecule has 1 aromatic carbocycles. The van der Waals surface area contributed by atoms with E-state index in [1.165, 1.54) is 4.90 Å². The molecule has 2 saturated heterocycles. The van der Waals surface area contributed by atoms with Crippen molar-refractivity contribution in [3.8, 4) is 0 Å². The van der Waals surface area contributed by atoms with Crippen LogP contribution >= 0.6 is 0 Å². The molecule has 7 nitrogen and oxygen atoms in total. The molecule has 2 heterocycles. The quantitative estimate of drug-likeness (QED) is 0.650. The predicted octanol–water partition coefficient (Wildman–Crippen LogP) is -0.370. The number of Topliss-reactive ketones (excluding diaryl/α,β-unsaturated/α-hetero) is 1. The molecule has 2 fully saturated rings. The van der Waals surface area contributed by atoms with Gasteiger partial charge in [-0.1, -0.05) is 0 Å². The van der Waals surface area contributed by atoms with Crippen LogP contribution in [-0.2, 0) is 14.6 Å². The molecule has 3 rings (SSSR count). The molecule has 2 aliphatic rings. The molecule has 0 saturated carbocycles. The summed E-state index contributed by atoms with van der Waals surface area (Å²) in [5.74, 6) is 0.412. The van der Waals surface area contributed by atoms with Crippen molar-refractivity contribution >= 4 is 27.2 Å². The van der Waals surface area contributed by atoms with Gasteiger partial charge in [-0.3, -0.25) is 9.59 Å². The van der Waals surface area contributed by atoms with Gasteiger partial charge >= 0.3 is 0 Å². The van der Waals surface area contributed by atoms with E-state index in [0.29, 0.717) is 25.1 Å². The van der Waals surface area contributed by atoms with Crippen molar-refractivity contribution < 1.29 is 22.9 Å². The van der Waals surface area contributed by atoms with Crippen molar-refractivity contribution in [3.05, 3.63) is 29.8 Å². The molecule has 28 heavy (non-hydrogen) atoms. The summed E-state index contributed by atoms with van der Waals surface area (Å²) >= 11 is 0. The topological polar surface area (TPSA) is 79.2 Å². The van der Waals surface area contributed by atoms with E-state index in [9.17, 15) is 18.0 Å². The summed E-state index contributed by atoms with van der Waals surface area (Å²) < 4.78 is 23.5. The average molecular weight is 409 g/mol. The number of ketones is 1. The molecule has 0 unspecified atom stereocenters. The highest BCUT2D eigenvalue weighted by molar-refractivity contribution is 7.91. The van der Waals surface area contributed by atoms with Gasteiger partial charge in [0.05, 0.1) is 37.7 Å². The number of nitrogens with one attached hydrogen (secondary N) is 1. The van der Waals surface area contributed by atoms with Crippen molar-refractivity contribution in [1.29, 1.82) is 0 Å². The minimum absolute atomic E-state index is 0.0545. The summed E-state index contributed by atoms with van der Waals surface area (Å²) in [5.41, 5.74) is 1.81. The number of hydrogen-bond donors (Lipinski definition) is 1. The Morgan fingerprint density at radius 2 is 1.82 bits per heavy atom. The van der Waals surface area contributed by atoms with Gasteiger partial charge in [0.15, 0.2) is 22.2 Å². The minimum Gasteiger partial charge on any atom is -0.360 e. The smallest absolute Gasteiger partial charge is 0.278 e. The molecule has 1 N–H and O–H groups in total. The van der Waals surface area contributed by atoms with Crippen LogP contribution in [0.3, 0.4) is 0 Å². The zero-order chi connectivity index (χ0) is 20.3. The van der Waals surface area contributed by atoms with Gasteiger partial charge in [-0.05, 0) is 44.5 Å². The van der Waals surface area contributed by atoms with Crippen molar-refractivity contribution in [2.45, 2.75) is 26.3 Å². The molecule has 0 radical (unpaired) electrons. The summed E-state index contributed by atoms with van der Waals surface area (Å²) in [7, 11) is -2.99. The van der Waals surface area contributed by atoms with E-state index in [1.807, 2.05) is 31.2 Å². The van der Waals surface area contributed by atoms with E-state index < -0.39 is 9.84 Å². The Bertz CT molecular complexity index is 814. The lowest BCUT2D eigenvalue weighted by Crippen LogP contribution is -3.16. The lowest BCUT2D eigenvalue weighted by molar-refractivity contribution is -0.892. The van der Waals surface area contributed by atoms with Crippen LogP contribution in [-0.4, -0.2) is 81.8 Å². The van der Waals surface area contributed by atoms with Gasteiger partial charge in [-0.2, -0.15) is 0 Å². The average Bonchev–Trinajstić information content (AvgIpc) is 3.02. The first-order valence-electron chi connectivity index (χ1n) is 9.98. The predicted molar refractivity (Wildman–Crippen MR) is 109 cm³/mol. The Morgan fingerprint density at radius 1 is 1.18 bits per heavy atom. The van der Waals surface area contributed by atoms with E-state index in [1.54, 1.807) is 11.8 Å². The number of hydrogen-bond acceptors (Lipinski definition) is 5. The normalized spacial score (nSPS) is 22.2. The molecule has 1 aromatic rings. The molecular weight excluding hydrogens is 378 g/mol. The molecule has 8 heteroatoms. The number of carbonyl (C=O) groups is 2. The Labute approximate surface area is 167 Å². The molecule has 0 spiro atoms. The highest BCUT2D eigenvalue weighted by atomic mass is 32.2. The maximum Gasteiger partial charge on any atom is 0.278 e. The monoisotopic (exact) mass is 408 g/mol. The number of piperazine rings is 1. The summed E-state index contributed by atoms with van der Waals surface area (Å²) in [6.07, 6.45) is 0.557. The van der Waals surface area contributed by atoms with Gasteiger partial charge in [0.1, 0.15) is 0 Å². The zero-order valence-corrected chi connectivity index (χ0v) is 17.5. The van der Waals surface area contributed by atoms with Crippen LogP contribution in [0, 0.1) is 0 Å². The number of likely N-dealkylation sites (N-methyl/N-ethyl adjacent to an activating group) is 1. The summed E-state index contributed by atoms with van der Waals surface area (Å²) in [5, 5.41) is 0. The lowest BCUT2D eigenvalue weighted by Gasteiger charge is -2.35. The molecule has 0 aromatic heterocycles. The number of quaternary nitrogens is 1. The van der Waals surface area contributed by atoms with E-state index in [2.05, 4.69) is 4.90 Å². The Balaban J connectivity index is 1.52. The van der Waals surface area contributed by atoms with Gasteiger partial charge in [0.2, 0.25) is 0 Å². The highest BCUT2D eigenvalue weighted by Gasteiger charge is 2.35. The van der Waals surface area contributed by atoms with Gasteiger partial charge in [0, 0.05) is 23.8 Å². The Kier molecular flexibility index (Phi) is 6.40. The third-order valence-corrected chi connectivity index (χ3v) is 7.57. The van der Waals surface area contributed by atoms with E-state index >= 15 is 0 Å². The second kappa shape index (κ2) is 8.61. The van der Waals surface area contributed by atoms with E-state index in [0.717, 1.165) is 31.9 Å². The molecular formula is C20H30N3O4S+. The molecule has 1 atom stereocenters. The standard InChI is InChI=1S/C20H29N3O4S/c1-3-23(19-8-13-28(26,27)15-19)20(25)14-21-9-11-22(12-10-21)18-6-4-17(5-7-18)16(2)24/h4-7,19H,3,8-15H2,1-2H3/p+1/t19-/m1/s1. The molecule has 1 amide bonds. The highest BCUT2D eigenvalue weighted by Crippen LogP contribution is 2.18. The van der Waals surface area contributed by atoms with E-state index in [-0.39, 0.29) is 29.2 Å². The second-order valence-corrected chi connectivity index (χ2v) is 9.98. The number of amides is 1. The SMILES string of the molecule is CCN(C(=O)C[NH+]1CCN(c2ccc(C(C)=O)cc2)CC1)[C@@H]1CCS(=O)(=O)C1. The van der Waals surface area contributed by atoms with Gasteiger partial charge < -0.3 is 14.7 Å². The maximum atomic E-state index is 12.8. The lowest BCUT2D eigenvalue weighted by atomic mass is 10.1. The number of sulfone groups is 1. The van der Waals surface area contributed by atoms with Crippen molar-refractivity contribution in [3.63, 3.8) is 0 Å². The van der Waals surface area contributed by atoms with Gasteiger partial charge in [0.25, 0.3) is 5.91 Å². The first-order valence-corrected chi connectivity index (χ1v) is 11.8. The Hall–Kier alpha value is -1.93. The van der Waals surface area contributed by atoms with Gasteiger partial charge in [-0.25, -0.2) is 8.42 Å². The Morgan fingerprint density at radius 3 is 2.32 bits per heavy atom. The van der Waals surface area contributed by atoms with Crippen LogP contribution in [0.2, 0.25) is 0 Å². The van der Waals surface area contributed by atoms with Crippen LogP contribution in [0.5, 0.6) is 0 Å². The summed E-state index contributed by atoms with van der Waals surface area (Å²) in [4.78, 5) is 29.4. The number of carbonyl (C=O) groups excluding carboxylic acids is 2. The minimum atomic E-state index is -2.99. The zero-order valence-electron chi connectivity index (χ0n) is 16.7. The van der Waals surface area contributed by atoms with Crippen molar-refractivity contribution in [2.24, 2.45) is 0 Å². The number of benzene rings is 1. The van der Waals surface area contributed by atoms with Crippen LogP contribution in [0.1, 0.15) is 30.6 Å².